The molecular weight excluding hydrogens is 274 g/mol. The molecule has 0 bridgehead atoms. The molecule has 5 heteroatoms. The van der Waals surface area contributed by atoms with Gasteiger partial charge in [0.25, 0.3) is 0 Å². The molecule has 1 heterocycles. The Morgan fingerprint density at radius 3 is 2.84 bits per heavy atom. The maximum atomic E-state index is 5.59. The lowest BCUT2D eigenvalue weighted by Gasteiger charge is -2.13. The fourth-order valence-electron chi connectivity index (χ4n) is 1.78. The monoisotopic (exact) mass is 293 g/mol. The van der Waals surface area contributed by atoms with Gasteiger partial charge >= 0.3 is 0 Å². The topological polar surface area (TPSA) is 50.9 Å². The lowest BCUT2D eigenvalue weighted by atomic mass is 10.2. The molecular formula is C14H19N3S2. The van der Waals surface area contributed by atoms with E-state index in [0.29, 0.717) is 6.04 Å². The predicted octanol–water partition coefficient (Wildman–Crippen LogP) is 2.94. The summed E-state index contributed by atoms with van der Waals surface area (Å²) in [7, 11) is 0. The highest BCUT2D eigenvalue weighted by atomic mass is 32.2. The highest BCUT2D eigenvalue weighted by Gasteiger charge is 2.11. The summed E-state index contributed by atoms with van der Waals surface area (Å²) in [6.45, 7) is 2.16. The summed E-state index contributed by atoms with van der Waals surface area (Å²) in [4.78, 5) is 4.69. The Morgan fingerprint density at radius 1 is 1.37 bits per heavy atom. The molecule has 0 saturated carbocycles. The first-order chi connectivity index (χ1) is 9.33. The molecule has 0 aliphatic rings. The second-order valence-electron chi connectivity index (χ2n) is 4.22. The number of nitrogens with one attached hydrogen (secondary N) is 1. The van der Waals surface area contributed by atoms with E-state index >= 15 is 0 Å². The Morgan fingerprint density at radius 2 is 2.16 bits per heavy atom. The van der Waals surface area contributed by atoms with Gasteiger partial charge in [0.2, 0.25) is 0 Å². The van der Waals surface area contributed by atoms with E-state index in [0.717, 1.165) is 28.6 Å². The summed E-state index contributed by atoms with van der Waals surface area (Å²) in [5, 5.41) is 3.25. The molecule has 102 valence electrons. The van der Waals surface area contributed by atoms with Crippen LogP contribution in [0.1, 0.15) is 11.9 Å². The van der Waals surface area contributed by atoms with Gasteiger partial charge in [0.1, 0.15) is 0 Å². The normalized spacial score (nSPS) is 12.5. The third-order valence-electron chi connectivity index (χ3n) is 2.80. The zero-order valence-corrected chi connectivity index (χ0v) is 12.6. The second-order valence-corrected chi connectivity index (χ2v) is 6.48. The molecule has 3 N–H and O–H groups in total. The lowest BCUT2D eigenvalue weighted by molar-refractivity contribution is 0.574. The molecule has 0 aliphatic heterocycles. The number of nitrogens with two attached hydrogens (primary N) is 1. The Hall–Kier alpha value is -0.880. The van der Waals surface area contributed by atoms with Gasteiger partial charge in [-0.3, -0.25) is 11.3 Å². The predicted molar refractivity (Wildman–Crippen MR) is 85.4 cm³/mol. The molecule has 0 saturated heterocycles. The van der Waals surface area contributed by atoms with Crippen molar-refractivity contribution in [2.75, 3.05) is 11.5 Å². The van der Waals surface area contributed by atoms with E-state index < -0.39 is 0 Å². The van der Waals surface area contributed by atoms with Crippen LogP contribution in [-0.2, 0) is 6.42 Å². The van der Waals surface area contributed by atoms with Crippen LogP contribution in [0.2, 0.25) is 0 Å². The molecule has 1 atom stereocenters. The minimum Gasteiger partial charge on any atom is -0.271 e. The summed E-state index contributed by atoms with van der Waals surface area (Å²) in [6, 6.07) is 10.6. The van der Waals surface area contributed by atoms with Gasteiger partial charge in [-0.1, -0.05) is 37.3 Å². The summed E-state index contributed by atoms with van der Waals surface area (Å²) < 4.78 is 0. The minimum absolute atomic E-state index is 0.291. The van der Waals surface area contributed by atoms with E-state index in [9.17, 15) is 0 Å². The SMILES string of the molecule is CCSCC(Cc1nc(-c2ccccc2)cs1)NN. The van der Waals surface area contributed by atoms with Crippen molar-refractivity contribution in [2.45, 2.75) is 19.4 Å². The smallest absolute Gasteiger partial charge is 0.0948 e. The van der Waals surface area contributed by atoms with E-state index in [4.69, 9.17) is 10.8 Å². The van der Waals surface area contributed by atoms with Gasteiger partial charge in [0, 0.05) is 29.2 Å². The average molecular weight is 293 g/mol. The Bertz CT molecular complexity index is 484. The standard InChI is InChI=1S/C14H19N3S2/c1-2-18-9-12(17-15)8-14-16-13(10-19-14)11-6-4-3-5-7-11/h3-7,10,12,17H,2,8-9,15H2,1H3. The molecule has 3 nitrogen and oxygen atoms in total. The maximum Gasteiger partial charge on any atom is 0.0948 e. The zero-order valence-electron chi connectivity index (χ0n) is 11.0. The van der Waals surface area contributed by atoms with Gasteiger partial charge in [0.15, 0.2) is 0 Å². The molecule has 1 aromatic heterocycles. The number of thioether (sulfide) groups is 1. The largest absolute Gasteiger partial charge is 0.271 e. The van der Waals surface area contributed by atoms with Crippen molar-refractivity contribution in [3.8, 4) is 11.3 Å². The van der Waals surface area contributed by atoms with Crippen LogP contribution in [0.15, 0.2) is 35.7 Å². The molecule has 1 aromatic carbocycles. The van der Waals surface area contributed by atoms with Gasteiger partial charge in [0.05, 0.1) is 10.7 Å². The summed E-state index contributed by atoms with van der Waals surface area (Å²) in [6.07, 6.45) is 0.890. The number of thiazole rings is 1. The van der Waals surface area contributed by atoms with Crippen molar-refractivity contribution in [3.63, 3.8) is 0 Å². The Kier molecular flexibility index (Phi) is 5.85. The minimum atomic E-state index is 0.291. The Labute approximate surface area is 122 Å². The first-order valence-corrected chi connectivity index (χ1v) is 8.40. The van der Waals surface area contributed by atoms with Crippen LogP contribution in [0.5, 0.6) is 0 Å². The summed E-state index contributed by atoms with van der Waals surface area (Å²) in [5.41, 5.74) is 5.11. The van der Waals surface area contributed by atoms with E-state index in [1.54, 1.807) is 11.3 Å². The molecule has 0 amide bonds. The van der Waals surface area contributed by atoms with Crippen molar-refractivity contribution < 1.29 is 0 Å². The van der Waals surface area contributed by atoms with Crippen molar-refractivity contribution in [1.29, 1.82) is 0 Å². The number of rotatable bonds is 7. The zero-order chi connectivity index (χ0) is 13.5. The van der Waals surface area contributed by atoms with Gasteiger partial charge in [-0.05, 0) is 5.75 Å². The lowest BCUT2D eigenvalue weighted by Crippen LogP contribution is -2.38. The van der Waals surface area contributed by atoms with Crippen molar-refractivity contribution >= 4 is 23.1 Å². The van der Waals surface area contributed by atoms with Crippen LogP contribution < -0.4 is 11.3 Å². The third-order valence-corrected chi connectivity index (χ3v) is 4.72. The molecule has 0 spiro atoms. The van der Waals surface area contributed by atoms with Crippen LogP contribution in [0, 0.1) is 0 Å². The third kappa shape index (κ3) is 4.31. The molecule has 0 radical (unpaired) electrons. The van der Waals surface area contributed by atoms with Gasteiger partial charge < -0.3 is 0 Å². The molecule has 0 fully saturated rings. The van der Waals surface area contributed by atoms with Gasteiger partial charge in [-0.25, -0.2) is 4.98 Å². The van der Waals surface area contributed by atoms with Crippen LogP contribution in [0.3, 0.4) is 0 Å². The van der Waals surface area contributed by atoms with E-state index in [2.05, 4.69) is 29.9 Å². The first kappa shape index (κ1) is 14.5. The van der Waals surface area contributed by atoms with Gasteiger partial charge in [-0.15, -0.1) is 11.3 Å². The highest BCUT2D eigenvalue weighted by Crippen LogP contribution is 2.22. The maximum absolute atomic E-state index is 5.59. The number of hydrogen-bond donors (Lipinski definition) is 2. The molecule has 2 rings (SSSR count). The van der Waals surface area contributed by atoms with Crippen LogP contribution in [0.4, 0.5) is 0 Å². The van der Waals surface area contributed by atoms with E-state index in [1.165, 1.54) is 5.56 Å². The van der Waals surface area contributed by atoms with Crippen LogP contribution in [0.25, 0.3) is 11.3 Å². The van der Waals surface area contributed by atoms with Crippen LogP contribution >= 0.6 is 23.1 Å². The average Bonchev–Trinajstić information content (AvgIpc) is 2.93. The van der Waals surface area contributed by atoms with E-state index in [1.807, 2.05) is 30.0 Å². The summed E-state index contributed by atoms with van der Waals surface area (Å²) in [5.74, 6) is 7.73. The van der Waals surface area contributed by atoms with Crippen molar-refractivity contribution in [3.05, 3.63) is 40.7 Å². The van der Waals surface area contributed by atoms with Gasteiger partial charge in [-0.2, -0.15) is 11.8 Å². The first-order valence-electron chi connectivity index (χ1n) is 6.37. The van der Waals surface area contributed by atoms with Crippen LogP contribution in [-0.4, -0.2) is 22.5 Å². The quantitative estimate of drug-likeness (QED) is 0.609. The molecule has 1 unspecified atom stereocenters. The fourth-order valence-corrected chi connectivity index (χ4v) is 3.40. The number of aromatic nitrogens is 1. The molecule has 0 aliphatic carbocycles. The highest BCUT2D eigenvalue weighted by molar-refractivity contribution is 7.99. The van der Waals surface area contributed by atoms with E-state index in [-0.39, 0.29) is 0 Å². The number of hydrazine groups is 1. The molecule has 2 aromatic rings. The fraction of sp³-hybridized carbons (Fsp3) is 0.357. The number of hydrogen-bond acceptors (Lipinski definition) is 5. The second kappa shape index (κ2) is 7.65. The summed E-state index contributed by atoms with van der Waals surface area (Å²) >= 11 is 3.60. The van der Waals surface area contributed by atoms with Crippen molar-refractivity contribution in [1.82, 2.24) is 10.4 Å². The van der Waals surface area contributed by atoms with Crippen molar-refractivity contribution in [2.24, 2.45) is 5.84 Å². The number of nitrogens with zero attached hydrogens (tertiary/aromatic N) is 1. The number of benzene rings is 1. The Balaban J connectivity index is 2.01. The molecule has 19 heavy (non-hydrogen) atoms.